The van der Waals surface area contributed by atoms with E-state index in [9.17, 15) is 4.79 Å². The number of rotatable bonds is 3. The highest BCUT2D eigenvalue weighted by molar-refractivity contribution is 7.13. The summed E-state index contributed by atoms with van der Waals surface area (Å²) in [6.45, 7) is 4.31. The number of aryl methyl sites for hydroxylation is 2. The van der Waals surface area contributed by atoms with Gasteiger partial charge in [-0.15, -0.1) is 11.3 Å². The van der Waals surface area contributed by atoms with Gasteiger partial charge in [-0.2, -0.15) is 0 Å². The SMILES string of the molecule is Cc1cc(-c2scnc2C)ccc1CNC(=O)O. The first kappa shape index (κ1) is 12.6. The van der Waals surface area contributed by atoms with Crippen LogP contribution in [0.3, 0.4) is 0 Å². The highest BCUT2D eigenvalue weighted by Crippen LogP contribution is 2.28. The molecule has 0 saturated carbocycles. The van der Waals surface area contributed by atoms with E-state index in [1.165, 1.54) is 0 Å². The normalized spacial score (nSPS) is 10.3. The first-order valence-electron chi connectivity index (χ1n) is 5.54. The number of aromatic nitrogens is 1. The van der Waals surface area contributed by atoms with E-state index < -0.39 is 6.09 Å². The zero-order chi connectivity index (χ0) is 13.1. The number of amides is 1. The van der Waals surface area contributed by atoms with Crippen molar-refractivity contribution in [2.24, 2.45) is 0 Å². The molecular weight excluding hydrogens is 248 g/mol. The molecule has 0 radical (unpaired) electrons. The van der Waals surface area contributed by atoms with Gasteiger partial charge < -0.3 is 10.4 Å². The first-order valence-corrected chi connectivity index (χ1v) is 6.42. The molecule has 1 amide bonds. The Kier molecular flexibility index (Phi) is 3.62. The quantitative estimate of drug-likeness (QED) is 0.893. The molecule has 2 aromatic rings. The van der Waals surface area contributed by atoms with E-state index in [1.54, 1.807) is 11.3 Å². The van der Waals surface area contributed by atoms with Crippen molar-refractivity contribution < 1.29 is 9.90 Å². The Morgan fingerprint density at radius 3 is 2.78 bits per heavy atom. The highest BCUT2D eigenvalue weighted by Gasteiger charge is 2.07. The maximum Gasteiger partial charge on any atom is 0.404 e. The lowest BCUT2D eigenvalue weighted by Crippen LogP contribution is -2.20. The second kappa shape index (κ2) is 5.18. The lowest BCUT2D eigenvalue weighted by molar-refractivity contribution is 0.194. The largest absolute Gasteiger partial charge is 0.465 e. The molecule has 2 rings (SSSR count). The summed E-state index contributed by atoms with van der Waals surface area (Å²) in [7, 11) is 0. The van der Waals surface area contributed by atoms with E-state index in [0.29, 0.717) is 6.54 Å². The Morgan fingerprint density at radius 2 is 2.22 bits per heavy atom. The van der Waals surface area contributed by atoms with E-state index >= 15 is 0 Å². The fourth-order valence-corrected chi connectivity index (χ4v) is 2.59. The smallest absolute Gasteiger partial charge is 0.404 e. The average Bonchev–Trinajstić information content (AvgIpc) is 2.73. The molecule has 2 N–H and O–H groups in total. The van der Waals surface area contributed by atoms with Gasteiger partial charge in [-0.25, -0.2) is 9.78 Å². The molecule has 1 heterocycles. The summed E-state index contributed by atoms with van der Waals surface area (Å²) in [5, 5.41) is 11.0. The van der Waals surface area contributed by atoms with Gasteiger partial charge in [0.1, 0.15) is 0 Å². The topological polar surface area (TPSA) is 62.2 Å². The Labute approximate surface area is 109 Å². The second-order valence-electron chi connectivity index (χ2n) is 4.07. The van der Waals surface area contributed by atoms with Gasteiger partial charge in [0.15, 0.2) is 0 Å². The number of benzene rings is 1. The lowest BCUT2D eigenvalue weighted by Gasteiger charge is -2.08. The summed E-state index contributed by atoms with van der Waals surface area (Å²) in [6, 6.07) is 6.03. The number of nitrogens with zero attached hydrogens (tertiary/aromatic N) is 1. The van der Waals surface area contributed by atoms with Crippen LogP contribution < -0.4 is 5.32 Å². The predicted molar refractivity (Wildman–Crippen MR) is 71.9 cm³/mol. The van der Waals surface area contributed by atoms with Crippen molar-refractivity contribution in [2.45, 2.75) is 20.4 Å². The molecule has 1 aromatic heterocycles. The van der Waals surface area contributed by atoms with Gasteiger partial charge in [-0.05, 0) is 30.5 Å². The van der Waals surface area contributed by atoms with Gasteiger partial charge in [-0.3, -0.25) is 0 Å². The van der Waals surface area contributed by atoms with E-state index in [2.05, 4.69) is 16.4 Å². The van der Waals surface area contributed by atoms with Crippen LogP contribution in [0.15, 0.2) is 23.7 Å². The molecule has 0 aliphatic rings. The van der Waals surface area contributed by atoms with Crippen LogP contribution in [0.4, 0.5) is 4.79 Å². The van der Waals surface area contributed by atoms with Crippen LogP contribution >= 0.6 is 11.3 Å². The van der Waals surface area contributed by atoms with Crippen molar-refractivity contribution in [3.63, 3.8) is 0 Å². The van der Waals surface area contributed by atoms with Crippen LogP contribution in [-0.2, 0) is 6.54 Å². The maximum atomic E-state index is 10.5. The lowest BCUT2D eigenvalue weighted by atomic mass is 10.0. The fourth-order valence-electron chi connectivity index (χ4n) is 1.79. The van der Waals surface area contributed by atoms with Crippen LogP contribution in [0.25, 0.3) is 10.4 Å². The minimum atomic E-state index is -1.00. The Hall–Kier alpha value is -1.88. The van der Waals surface area contributed by atoms with Crippen molar-refractivity contribution in [1.82, 2.24) is 10.3 Å². The zero-order valence-electron chi connectivity index (χ0n) is 10.2. The molecular formula is C13H14N2O2S. The third kappa shape index (κ3) is 2.68. The van der Waals surface area contributed by atoms with Gasteiger partial charge in [0.05, 0.1) is 16.1 Å². The highest BCUT2D eigenvalue weighted by atomic mass is 32.1. The summed E-state index contributed by atoms with van der Waals surface area (Å²) in [5.41, 5.74) is 6.06. The van der Waals surface area contributed by atoms with Crippen LogP contribution in [0.2, 0.25) is 0 Å². The minimum absolute atomic E-state index is 0.336. The number of carbonyl (C=O) groups is 1. The Bertz CT molecular complexity index is 578. The molecule has 0 atom stereocenters. The van der Waals surface area contributed by atoms with Crippen molar-refractivity contribution in [3.05, 3.63) is 40.5 Å². The Morgan fingerprint density at radius 1 is 1.44 bits per heavy atom. The summed E-state index contributed by atoms with van der Waals surface area (Å²) < 4.78 is 0. The molecule has 94 valence electrons. The summed E-state index contributed by atoms with van der Waals surface area (Å²) >= 11 is 1.61. The molecule has 0 unspecified atom stereocenters. The van der Waals surface area contributed by atoms with Gasteiger partial charge in [0.25, 0.3) is 0 Å². The molecule has 0 aliphatic heterocycles. The first-order chi connectivity index (χ1) is 8.58. The maximum absolute atomic E-state index is 10.5. The summed E-state index contributed by atoms with van der Waals surface area (Å²) in [4.78, 5) is 15.9. The third-order valence-corrected chi connectivity index (χ3v) is 3.76. The van der Waals surface area contributed by atoms with Crippen molar-refractivity contribution in [3.8, 4) is 10.4 Å². The average molecular weight is 262 g/mol. The van der Waals surface area contributed by atoms with E-state index in [4.69, 9.17) is 5.11 Å². The van der Waals surface area contributed by atoms with E-state index in [1.807, 2.05) is 31.5 Å². The molecule has 0 aliphatic carbocycles. The zero-order valence-corrected chi connectivity index (χ0v) is 11.0. The number of thiazole rings is 1. The van der Waals surface area contributed by atoms with Crippen LogP contribution in [0, 0.1) is 13.8 Å². The molecule has 1 aromatic carbocycles. The predicted octanol–water partition coefficient (Wildman–Crippen LogP) is 3.19. The van der Waals surface area contributed by atoms with E-state index in [0.717, 1.165) is 27.3 Å². The number of hydrogen-bond donors (Lipinski definition) is 2. The standard InChI is InChI=1S/C13H14N2O2S/c1-8-5-10(12-9(2)15-7-18-12)3-4-11(8)6-14-13(16)17/h3-5,7,14H,6H2,1-2H3,(H,16,17). The van der Waals surface area contributed by atoms with Crippen LogP contribution in [-0.4, -0.2) is 16.2 Å². The number of nitrogens with one attached hydrogen (secondary N) is 1. The molecule has 0 spiro atoms. The summed E-state index contributed by atoms with van der Waals surface area (Å²) in [5.74, 6) is 0. The fraction of sp³-hybridized carbons (Fsp3) is 0.231. The van der Waals surface area contributed by atoms with Gasteiger partial charge >= 0.3 is 6.09 Å². The van der Waals surface area contributed by atoms with Gasteiger partial charge in [0.2, 0.25) is 0 Å². The van der Waals surface area contributed by atoms with Gasteiger partial charge in [-0.1, -0.05) is 18.2 Å². The summed E-state index contributed by atoms with van der Waals surface area (Å²) in [6.07, 6.45) is -1.00. The molecule has 0 saturated heterocycles. The van der Waals surface area contributed by atoms with Crippen molar-refractivity contribution in [2.75, 3.05) is 0 Å². The molecule has 5 heteroatoms. The second-order valence-corrected chi connectivity index (χ2v) is 4.92. The van der Waals surface area contributed by atoms with Gasteiger partial charge in [0, 0.05) is 6.54 Å². The van der Waals surface area contributed by atoms with Crippen molar-refractivity contribution in [1.29, 1.82) is 0 Å². The molecule has 4 nitrogen and oxygen atoms in total. The minimum Gasteiger partial charge on any atom is -0.465 e. The van der Waals surface area contributed by atoms with E-state index in [-0.39, 0.29) is 0 Å². The van der Waals surface area contributed by atoms with Crippen molar-refractivity contribution >= 4 is 17.4 Å². The third-order valence-electron chi connectivity index (χ3n) is 2.78. The molecule has 0 fully saturated rings. The van der Waals surface area contributed by atoms with Crippen LogP contribution in [0.5, 0.6) is 0 Å². The Balaban J connectivity index is 2.25. The number of carboxylic acid groups (broad SMARTS) is 1. The monoisotopic (exact) mass is 262 g/mol. The van der Waals surface area contributed by atoms with Crippen LogP contribution in [0.1, 0.15) is 16.8 Å². The number of hydrogen-bond acceptors (Lipinski definition) is 3. The molecule has 18 heavy (non-hydrogen) atoms. The molecule has 0 bridgehead atoms.